The smallest absolute Gasteiger partial charge is 0.417 e. The van der Waals surface area contributed by atoms with Crippen LogP contribution in [0.5, 0.6) is 11.5 Å². The predicted molar refractivity (Wildman–Crippen MR) is 97.0 cm³/mol. The summed E-state index contributed by atoms with van der Waals surface area (Å²) >= 11 is 0.892. The summed E-state index contributed by atoms with van der Waals surface area (Å²) in [5.74, 6) is 0.494. The second-order valence-corrected chi connectivity index (χ2v) is 7.79. The van der Waals surface area contributed by atoms with Crippen LogP contribution in [0.25, 0.3) is 10.2 Å². The molecule has 1 aliphatic heterocycles. The molecule has 5 nitrogen and oxygen atoms in total. The third-order valence-electron chi connectivity index (χ3n) is 4.86. The first-order valence-corrected chi connectivity index (χ1v) is 9.39. The Labute approximate surface area is 160 Å². The second-order valence-electron chi connectivity index (χ2n) is 6.79. The molecule has 0 saturated heterocycles. The summed E-state index contributed by atoms with van der Waals surface area (Å²) in [4.78, 5) is 17.5. The van der Waals surface area contributed by atoms with Crippen molar-refractivity contribution in [3.63, 3.8) is 0 Å². The zero-order valence-corrected chi connectivity index (χ0v) is 15.1. The summed E-state index contributed by atoms with van der Waals surface area (Å²) in [5.41, 5.74) is 5.67. The Balaban J connectivity index is 1.66. The SMILES string of the molecule is Nc1c(C(=O)c2ccc3c(c2)OCO3)sc2nc(C3CC3)cc(C(F)(F)F)c12. The van der Waals surface area contributed by atoms with E-state index in [0.717, 1.165) is 30.2 Å². The molecule has 0 unspecified atom stereocenters. The van der Waals surface area contributed by atoms with Crippen LogP contribution in [-0.4, -0.2) is 17.6 Å². The van der Waals surface area contributed by atoms with Crippen LogP contribution in [-0.2, 0) is 6.18 Å². The number of carbonyl (C=O) groups is 1. The lowest BCUT2D eigenvalue weighted by Crippen LogP contribution is -2.08. The Kier molecular flexibility index (Phi) is 3.61. The maximum atomic E-state index is 13.7. The van der Waals surface area contributed by atoms with Crippen LogP contribution in [0, 0.1) is 0 Å². The predicted octanol–water partition coefficient (Wildman–Crippen LogP) is 4.73. The van der Waals surface area contributed by atoms with E-state index in [9.17, 15) is 18.0 Å². The standard InChI is InChI=1S/C19H13F3N2O3S/c20-19(21,22)10-6-11(8-1-2-8)24-18-14(10)15(23)17(28-18)16(25)9-3-4-12-13(5-9)27-7-26-12/h3-6,8H,1-2,7,23H2. The molecule has 3 heterocycles. The molecule has 1 aliphatic carbocycles. The first-order chi connectivity index (χ1) is 13.3. The molecule has 28 heavy (non-hydrogen) atoms. The van der Waals surface area contributed by atoms with Gasteiger partial charge in [-0.05, 0) is 37.1 Å². The van der Waals surface area contributed by atoms with Gasteiger partial charge in [0.15, 0.2) is 11.5 Å². The highest BCUT2D eigenvalue weighted by molar-refractivity contribution is 7.21. The summed E-state index contributed by atoms with van der Waals surface area (Å²) < 4.78 is 51.4. The van der Waals surface area contributed by atoms with Crippen molar-refractivity contribution < 1.29 is 27.4 Å². The molecule has 1 aromatic carbocycles. The maximum absolute atomic E-state index is 13.7. The number of pyridine rings is 1. The molecule has 5 rings (SSSR count). The molecular formula is C19H13F3N2O3S. The van der Waals surface area contributed by atoms with Crippen LogP contribution in [0.3, 0.4) is 0 Å². The zero-order chi connectivity index (χ0) is 19.6. The van der Waals surface area contributed by atoms with Gasteiger partial charge >= 0.3 is 6.18 Å². The fourth-order valence-corrected chi connectivity index (χ4v) is 4.38. The number of fused-ring (bicyclic) bond motifs is 2. The van der Waals surface area contributed by atoms with Crippen LogP contribution in [0.1, 0.15) is 45.3 Å². The van der Waals surface area contributed by atoms with E-state index in [1.807, 2.05) is 0 Å². The van der Waals surface area contributed by atoms with Crippen molar-refractivity contribution >= 4 is 33.0 Å². The quantitative estimate of drug-likeness (QED) is 0.637. The first-order valence-electron chi connectivity index (χ1n) is 8.57. The average Bonchev–Trinajstić information content (AvgIpc) is 3.31. The van der Waals surface area contributed by atoms with Gasteiger partial charge in [-0.25, -0.2) is 4.98 Å². The van der Waals surface area contributed by atoms with Crippen LogP contribution in [0.4, 0.5) is 18.9 Å². The van der Waals surface area contributed by atoms with Gasteiger partial charge in [0.1, 0.15) is 9.71 Å². The average molecular weight is 406 g/mol. The fourth-order valence-electron chi connectivity index (χ4n) is 3.29. The Bertz CT molecular complexity index is 1140. The van der Waals surface area contributed by atoms with Crippen molar-refractivity contribution in [2.75, 3.05) is 12.5 Å². The van der Waals surface area contributed by atoms with Crippen LogP contribution in [0.2, 0.25) is 0 Å². The molecule has 3 aromatic rings. The Morgan fingerprint density at radius 3 is 2.64 bits per heavy atom. The van der Waals surface area contributed by atoms with Gasteiger partial charge < -0.3 is 15.2 Å². The van der Waals surface area contributed by atoms with Gasteiger partial charge in [0.05, 0.1) is 11.3 Å². The van der Waals surface area contributed by atoms with Gasteiger partial charge in [0.2, 0.25) is 12.6 Å². The van der Waals surface area contributed by atoms with E-state index in [1.165, 1.54) is 12.1 Å². The Morgan fingerprint density at radius 2 is 1.93 bits per heavy atom. The third kappa shape index (κ3) is 2.69. The highest BCUT2D eigenvalue weighted by Crippen LogP contribution is 2.47. The molecule has 0 spiro atoms. The molecule has 2 aromatic heterocycles. The van der Waals surface area contributed by atoms with E-state index >= 15 is 0 Å². The maximum Gasteiger partial charge on any atom is 0.417 e. The molecule has 2 N–H and O–H groups in total. The number of rotatable bonds is 3. The van der Waals surface area contributed by atoms with Crippen molar-refractivity contribution in [3.8, 4) is 11.5 Å². The highest BCUT2D eigenvalue weighted by atomic mass is 32.1. The number of hydrogen-bond donors (Lipinski definition) is 1. The largest absolute Gasteiger partial charge is 0.454 e. The second kappa shape index (κ2) is 5.84. The van der Waals surface area contributed by atoms with E-state index < -0.39 is 17.5 Å². The van der Waals surface area contributed by atoms with Gasteiger partial charge in [0, 0.05) is 22.6 Å². The number of ketones is 1. The van der Waals surface area contributed by atoms with Crippen molar-refractivity contribution in [2.24, 2.45) is 0 Å². The Hall–Kier alpha value is -2.81. The van der Waals surface area contributed by atoms with Crippen molar-refractivity contribution in [2.45, 2.75) is 24.9 Å². The number of carbonyl (C=O) groups excluding carboxylic acids is 1. The third-order valence-corrected chi connectivity index (χ3v) is 5.96. The van der Waals surface area contributed by atoms with Crippen molar-refractivity contribution in [1.29, 1.82) is 0 Å². The summed E-state index contributed by atoms with van der Waals surface area (Å²) in [6.45, 7) is 0.0564. The normalized spacial score (nSPS) is 16.0. The Morgan fingerprint density at radius 1 is 1.18 bits per heavy atom. The van der Waals surface area contributed by atoms with Gasteiger partial charge in [-0.15, -0.1) is 11.3 Å². The number of alkyl halides is 3. The molecule has 1 saturated carbocycles. The number of halogens is 3. The minimum atomic E-state index is -4.58. The van der Waals surface area contributed by atoms with Crippen molar-refractivity contribution in [3.05, 3.63) is 46.0 Å². The molecule has 0 bridgehead atoms. The number of nitrogen functional groups attached to an aromatic ring is 1. The molecule has 1 fully saturated rings. The summed E-state index contributed by atoms with van der Waals surface area (Å²) in [5, 5.41) is -0.203. The van der Waals surface area contributed by atoms with Gasteiger partial charge in [-0.2, -0.15) is 13.2 Å². The summed E-state index contributed by atoms with van der Waals surface area (Å²) in [6.07, 6.45) is -2.95. The first kappa shape index (κ1) is 17.3. The van der Waals surface area contributed by atoms with Crippen molar-refractivity contribution in [1.82, 2.24) is 4.98 Å². The minimum Gasteiger partial charge on any atom is -0.454 e. The number of thiophene rings is 1. The van der Waals surface area contributed by atoms with E-state index in [1.54, 1.807) is 6.07 Å². The topological polar surface area (TPSA) is 74.4 Å². The molecule has 0 radical (unpaired) electrons. The summed E-state index contributed by atoms with van der Waals surface area (Å²) in [7, 11) is 0. The molecule has 0 atom stereocenters. The monoisotopic (exact) mass is 406 g/mol. The lowest BCUT2D eigenvalue weighted by Gasteiger charge is -2.10. The molecule has 2 aliphatic rings. The van der Waals surface area contributed by atoms with Crippen LogP contribution < -0.4 is 15.2 Å². The number of benzene rings is 1. The number of ether oxygens (including phenoxy) is 2. The van der Waals surface area contributed by atoms with Crippen LogP contribution >= 0.6 is 11.3 Å². The minimum absolute atomic E-state index is 0.0415. The van der Waals surface area contributed by atoms with E-state index in [2.05, 4.69) is 4.98 Å². The lowest BCUT2D eigenvalue weighted by atomic mass is 10.0. The van der Waals surface area contributed by atoms with Gasteiger partial charge in [0.25, 0.3) is 0 Å². The number of nitrogens with zero attached hydrogens (tertiary/aromatic N) is 1. The highest BCUT2D eigenvalue weighted by Gasteiger charge is 2.38. The van der Waals surface area contributed by atoms with E-state index in [4.69, 9.17) is 15.2 Å². The van der Waals surface area contributed by atoms with Crippen LogP contribution in [0.15, 0.2) is 24.3 Å². The molecule has 144 valence electrons. The molecule has 9 heteroatoms. The lowest BCUT2D eigenvalue weighted by molar-refractivity contribution is -0.136. The van der Waals surface area contributed by atoms with Gasteiger partial charge in [-0.1, -0.05) is 0 Å². The fraction of sp³-hybridized carbons (Fsp3) is 0.263. The number of hydrogen-bond acceptors (Lipinski definition) is 6. The summed E-state index contributed by atoms with van der Waals surface area (Å²) in [6, 6.07) is 5.69. The number of anilines is 1. The van der Waals surface area contributed by atoms with E-state index in [-0.39, 0.29) is 39.1 Å². The molecule has 0 amide bonds. The number of aromatic nitrogens is 1. The molecular weight excluding hydrogens is 393 g/mol. The van der Waals surface area contributed by atoms with E-state index in [0.29, 0.717) is 17.2 Å². The zero-order valence-electron chi connectivity index (χ0n) is 14.3. The number of nitrogens with two attached hydrogens (primary N) is 1. The van der Waals surface area contributed by atoms with Gasteiger partial charge in [-0.3, -0.25) is 4.79 Å².